The van der Waals surface area contributed by atoms with Gasteiger partial charge in [-0.15, -0.1) is 0 Å². The van der Waals surface area contributed by atoms with E-state index in [-0.39, 0.29) is 11.3 Å². The molecule has 0 aliphatic carbocycles. The van der Waals surface area contributed by atoms with Gasteiger partial charge < -0.3 is 15.0 Å². The molecule has 0 unspecified atom stereocenters. The molecule has 5 heteroatoms. The second kappa shape index (κ2) is 7.41. The van der Waals surface area contributed by atoms with Gasteiger partial charge in [-0.25, -0.2) is 4.98 Å². The predicted molar refractivity (Wildman–Crippen MR) is 85.9 cm³/mol. The molecule has 0 saturated carbocycles. The van der Waals surface area contributed by atoms with Crippen molar-refractivity contribution in [2.75, 3.05) is 32.6 Å². The van der Waals surface area contributed by atoms with E-state index in [4.69, 9.17) is 4.74 Å². The van der Waals surface area contributed by atoms with Gasteiger partial charge in [-0.2, -0.15) is 0 Å². The quantitative estimate of drug-likeness (QED) is 0.819. The Kier molecular flexibility index (Phi) is 6.15. The van der Waals surface area contributed by atoms with Crippen molar-refractivity contribution in [1.82, 2.24) is 9.88 Å². The molecule has 0 aliphatic heterocycles. The van der Waals surface area contributed by atoms with E-state index in [1.807, 2.05) is 26.4 Å². The molecule has 0 atom stereocenters. The van der Waals surface area contributed by atoms with Gasteiger partial charge in [-0.1, -0.05) is 20.8 Å². The smallest absolute Gasteiger partial charge is 0.237 e. The first-order valence-electron chi connectivity index (χ1n) is 7.26. The third kappa shape index (κ3) is 6.12. The van der Waals surface area contributed by atoms with E-state index in [0.29, 0.717) is 18.2 Å². The Bertz CT molecular complexity index is 479. The predicted octanol–water partition coefficient (Wildman–Crippen LogP) is 2.67. The minimum atomic E-state index is -0.124. The fourth-order valence-electron chi connectivity index (χ4n) is 1.81. The highest BCUT2D eigenvalue weighted by atomic mass is 16.5. The first-order valence-corrected chi connectivity index (χ1v) is 7.26. The van der Waals surface area contributed by atoms with Crippen LogP contribution < -0.4 is 10.1 Å². The number of nitrogens with zero attached hydrogens (tertiary/aromatic N) is 2. The largest absolute Gasteiger partial charge is 0.476 e. The Morgan fingerprint density at radius 3 is 2.57 bits per heavy atom. The number of pyridine rings is 1. The van der Waals surface area contributed by atoms with Crippen LogP contribution in [-0.2, 0) is 10.2 Å². The zero-order valence-corrected chi connectivity index (χ0v) is 14.0. The number of nitrogens with one attached hydrogen (secondary N) is 1. The van der Waals surface area contributed by atoms with Gasteiger partial charge in [-0.05, 0) is 37.6 Å². The summed E-state index contributed by atoms with van der Waals surface area (Å²) in [5.41, 5.74) is 1.68. The first kappa shape index (κ1) is 17.4. The number of hydrogen-bond donors (Lipinski definition) is 1. The van der Waals surface area contributed by atoms with Crippen LogP contribution in [0.25, 0.3) is 0 Å². The maximum absolute atomic E-state index is 11.3. The summed E-state index contributed by atoms with van der Waals surface area (Å²) in [5, 5.41) is 2.80. The number of hydrogen-bond acceptors (Lipinski definition) is 4. The van der Waals surface area contributed by atoms with E-state index in [1.165, 1.54) is 6.92 Å². The molecule has 0 spiro atoms. The van der Waals surface area contributed by atoms with Gasteiger partial charge in [0, 0.05) is 19.7 Å². The van der Waals surface area contributed by atoms with Crippen molar-refractivity contribution in [3.8, 4) is 5.88 Å². The van der Waals surface area contributed by atoms with Crippen molar-refractivity contribution in [3.05, 3.63) is 17.8 Å². The molecule has 21 heavy (non-hydrogen) atoms. The highest BCUT2D eigenvalue weighted by Crippen LogP contribution is 2.29. The maximum Gasteiger partial charge on any atom is 0.237 e. The minimum Gasteiger partial charge on any atom is -0.476 e. The van der Waals surface area contributed by atoms with Gasteiger partial charge in [0.25, 0.3) is 0 Å². The van der Waals surface area contributed by atoms with Crippen molar-refractivity contribution in [2.45, 2.75) is 39.5 Å². The van der Waals surface area contributed by atoms with Crippen LogP contribution in [-0.4, -0.2) is 43.0 Å². The Labute approximate surface area is 127 Å². The summed E-state index contributed by atoms with van der Waals surface area (Å²) in [6, 6.07) is 1.94. The molecule has 0 aromatic carbocycles. The van der Waals surface area contributed by atoms with Crippen LogP contribution in [0, 0.1) is 0 Å². The lowest BCUT2D eigenvalue weighted by Gasteiger charge is -2.20. The molecular weight excluding hydrogens is 266 g/mol. The summed E-state index contributed by atoms with van der Waals surface area (Å²) in [6.45, 7) is 9.35. The summed E-state index contributed by atoms with van der Waals surface area (Å²) >= 11 is 0. The van der Waals surface area contributed by atoms with Crippen LogP contribution >= 0.6 is 0 Å². The Morgan fingerprint density at radius 1 is 1.38 bits per heavy atom. The van der Waals surface area contributed by atoms with Gasteiger partial charge in [0.2, 0.25) is 11.8 Å². The van der Waals surface area contributed by atoms with Gasteiger partial charge in [0.05, 0.1) is 6.61 Å². The number of rotatable bonds is 6. The second-order valence-corrected chi connectivity index (χ2v) is 6.51. The Balaban J connectivity index is 2.84. The lowest BCUT2D eigenvalue weighted by molar-refractivity contribution is -0.114. The fraction of sp³-hybridized carbons (Fsp3) is 0.625. The number of ether oxygens (including phenoxy) is 1. The maximum atomic E-state index is 11.3. The molecule has 1 N–H and O–H groups in total. The number of carbonyl (C=O) groups excluding carboxylic acids is 1. The number of carbonyl (C=O) groups is 1. The summed E-state index contributed by atoms with van der Waals surface area (Å²) in [5.74, 6) is 0.359. The normalized spacial score (nSPS) is 11.6. The molecule has 1 heterocycles. The van der Waals surface area contributed by atoms with E-state index in [1.54, 1.807) is 0 Å². The molecule has 1 rings (SSSR count). The summed E-state index contributed by atoms with van der Waals surface area (Å²) in [4.78, 5) is 17.8. The standard InChI is InChI=1S/C16H27N3O2/c1-12(20)18-14-10-13(16(2,3)4)11-17-15(14)21-9-7-8-19(5)6/h10-11H,7-9H2,1-6H3,(H,18,20). The molecular formula is C16H27N3O2. The summed E-state index contributed by atoms with van der Waals surface area (Å²) in [6.07, 6.45) is 2.72. The number of aromatic nitrogens is 1. The van der Waals surface area contributed by atoms with Crippen molar-refractivity contribution < 1.29 is 9.53 Å². The van der Waals surface area contributed by atoms with Crippen molar-refractivity contribution >= 4 is 11.6 Å². The van der Waals surface area contributed by atoms with Gasteiger partial charge >= 0.3 is 0 Å². The summed E-state index contributed by atoms with van der Waals surface area (Å²) in [7, 11) is 4.05. The molecule has 0 radical (unpaired) electrons. The van der Waals surface area contributed by atoms with E-state index >= 15 is 0 Å². The van der Waals surface area contributed by atoms with Crippen LogP contribution in [0.2, 0.25) is 0 Å². The van der Waals surface area contributed by atoms with Crippen molar-refractivity contribution in [2.24, 2.45) is 0 Å². The monoisotopic (exact) mass is 293 g/mol. The topological polar surface area (TPSA) is 54.5 Å². The van der Waals surface area contributed by atoms with E-state index in [2.05, 4.69) is 36.0 Å². The first-order chi connectivity index (χ1) is 9.70. The second-order valence-electron chi connectivity index (χ2n) is 6.51. The van der Waals surface area contributed by atoms with Gasteiger partial charge in [-0.3, -0.25) is 4.79 Å². The number of amides is 1. The molecule has 1 amide bonds. The molecule has 1 aromatic rings. The van der Waals surface area contributed by atoms with Crippen LogP contribution in [0.3, 0.4) is 0 Å². The Hall–Kier alpha value is -1.62. The third-order valence-corrected chi connectivity index (χ3v) is 3.02. The average molecular weight is 293 g/mol. The van der Waals surface area contributed by atoms with E-state index in [9.17, 15) is 4.79 Å². The van der Waals surface area contributed by atoms with Crippen LogP contribution in [0.5, 0.6) is 5.88 Å². The molecule has 0 fully saturated rings. The van der Waals surface area contributed by atoms with E-state index < -0.39 is 0 Å². The summed E-state index contributed by atoms with van der Waals surface area (Å²) < 4.78 is 5.70. The molecule has 0 aliphatic rings. The molecule has 0 bridgehead atoms. The lowest BCUT2D eigenvalue weighted by Crippen LogP contribution is -2.17. The van der Waals surface area contributed by atoms with Crippen LogP contribution in [0.15, 0.2) is 12.3 Å². The van der Waals surface area contributed by atoms with Gasteiger partial charge in [0.1, 0.15) is 5.69 Å². The lowest BCUT2D eigenvalue weighted by atomic mass is 9.88. The zero-order chi connectivity index (χ0) is 16.0. The molecule has 5 nitrogen and oxygen atoms in total. The van der Waals surface area contributed by atoms with Crippen LogP contribution in [0.1, 0.15) is 39.7 Å². The van der Waals surface area contributed by atoms with Gasteiger partial charge in [0.15, 0.2) is 0 Å². The molecule has 1 aromatic heterocycles. The highest BCUT2D eigenvalue weighted by molar-refractivity contribution is 5.90. The van der Waals surface area contributed by atoms with Crippen LogP contribution in [0.4, 0.5) is 5.69 Å². The van der Waals surface area contributed by atoms with Crippen molar-refractivity contribution in [1.29, 1.82) is 0 Å². The SMILES string of the molecule is CC(=O)Nc1cc(C(C)(C)C)cnc1OCCCN(C)C. The van der Waals surface area contributed by atoms with E-state index in [0.717, 1.165) is 18.5 Å². The fourth-order valence-corrected chi connectivity index (χ4v) is 1.81. The Morgan fingerprint density at radius 2 is 2.05 bits per heavy atom. The van der Waals surface area contributed by atoms with Crippen molar-refractivity contribution in [3.63, 3.8) is 0 Å². The number of anilines is 1. The minimum absolute atomic E-state index is 0.0241. The molecule has 0 saturated heterocycles. The third-order valence-electron chi connectivity index (χ3n) is 3.02. The average Bonchev–Trinajstić information content (AvgIpc) is 2.33. The molecule has 118 valence electrons. The zero-order valence-electron chi connectivity index (χ0n) is 14.0. The highest BCUT2D eigenvalue weighted by Gasteiger charge is 2.17.